The number of hydrogen-bond acceptors (Lipinski definition) is 4. The predicted molar refractivity (Wildman–Crippen MR) is 78.7 cm³/mol. The summed E-state index contributed by atoms with van der Waals surface area (Å²) in [6, 6.07) is 3.73. The summed E-state index contributed by atoms with van der Waals surface area (Å²) < 4.78 is 32.8. The van der Waals surface area contributed by atoms with Crippen molar-refractivity contribution < 1.29 is 13.2 Å². The molecule has 1 atom stereocenters. The molecule has 112 valence electrons. The molecule has 1 aromatic carbocycles. The van der Waals surface area contributed by atoms with Crippen LogP contribution in [0.1, 0.15) is 24.0 Å². The van der Waals surface area contributed by atoms with E-state index in [1.807, 2.05) is 0 Å². The summed E-state index contributed by atoms with van der Waals surface area (Å²) in [6.45, 7) is 4.98. The largest absolute Gasteiger partial charge is 0.497 e. The van der Waals surface area contributed by atoms with Crippen LogP contribution in [-0.4, -0.2) is 34.7 Å². The highest BCUT2D eigenvalue weighted by Gasteiger charge is 2.22. The lowest BCUT2D eigenvalue weighted by Gasteiger charge is -2.16. The summed E-state index contributed by atoms with van der Waals surface area (Å²) in [5.74, 6) is 0.677. The van der Waals surface area contributed by atoms with Gasteiger partial charge in [0.05, 0.1) is 12.0 Å². The van der Waals surface area contributed by atoms with Gasteiger partial charge in [0.2, 0.25) is 10.0 Å². The van der Waals surface area contributed by atoms with Gasteiger partial charge in [-0.05, 0) is 56.5 Å². The van der Waals surface area contributed by atoms with Crippen molar-refractivity contribution in [3.05, 3.63) is 23.3 Å². The number of sulfonamides is 1. The van der Waals surface area contributed by atoms with E-state index in [9.17, 15) is 8.42 Å². The molecule has 1 fully saturated rings. The fourth-order valence-electron chi connectivity index (χ4n) is 2.67. The summed E-state index contributed by atoms with van der Waals surface area (Å²) in [7, 11) is -1.90. The van der Waals surface area contributed by atoms with E-state index in [4.69, 9.17) is 4.74 Å². The Kier molecular flexibility index (Phi) is 4.67. The minimum absolute atomic E-state index is 0.239. The first kappa shape index (κ1) is 15.3. The maximum atomic E-state index is 12.5. The first-order chi connectivity index (χ1) is 9.44. The van der Waals surface area contributed by atoms with Crippen LogP contribution in [0.2, 0.25) is 0 Å². The number of nitrogens with one attached hydrogen (secondary N) is 2. The van der Waals surface area contributed by atoms with Crippen molar-refractivity contribution in [2.24, 2.45) is 0 Å². The van der Waals surface area contributed by atoms with Crippen LogP contribution in [0.5, 0.6) is 5.75 Å². The van der Waals surface area contributed by atoms with E-state index in [0.29, 0.717) is 28.3 Å². The summed E-state index contributed by atoms with van der Waals surface area (Å²) in [6.07, 6.45) is 2.12. The Balaban J connectivity index is 2.20. The fourth-order valence-corrected chi connectivity index (χ4v) is 4.20. The van der Waals surface area contributed by atoms with Gasteiger partial charge in [-0.1, -0.05) is 0 Å². The van der Waals surface area contributed by atoms with Gasteiger partial charge in [-0.3, -0.25) is 0 Å². The first-order valence-electron chi connectivity index (χ1n) is 6.82. The van der Waals surface area contributed by atoms with Crippen molar-refractivity contribution in [3.63, 3.8) is 0 Å². The third kappa shape index (κ3) is 3.31. The zero-order chi connectivity index (χ0) is 14.8. The molecule has 5 nitrogen and oxygen atoms in total. The second kappa shape index (κ2) is 6.11. The average Bonchev–Trinajstić information content (AvgIpc) is 2.88. The van der Waals surface area contributed by atoms with Crippen molar-refractivity contribution in [1.29, 1.82) is 0 Å². The number of aryl methyl sites for hydroxylation is 2. The van der Waals surface area contributed by atoms with Crippen LogP contribution in [0.3, 0.4) is 0 Å². The molecule has 0 amide bonds. The van der Waals surface area contributed by atoms with Gasteiger partial charge < -0.3 is 10.1 Å². The van der Waals surface area contributed by atoms with Crippen LogP contribution in [0.15, 0.2) is 17.0 Å². The molecule has 1 aliphatic heterocycles. The highest BCUT2D eigenvalue weighted by atomic mass is 32.2. The quantitative estimate of drug-likeness (QED) is 0.861. The van der Waals surface area contributed by atoms with Gasteiger partial charge in [-0.25, -0.2) is 13.1 Å². The van der Waals surface area contributed by atoms with Gasteiger partial charge in [-0.15, -0.1) is 0 Å². The molecule has 0 aromatic heterocycles. The maximum Gasteiger partial charge on any atom is 0.241 e. The molecule has 20 heavy (non-hydrogen) atoms. The van der Waals surface area contributed by atoms with Crippen LogP contribution >= 0.6 is 0 Å². The molecule has 1 aromatic rings. The van der Waals surface area contributed by atoms with E-state index < -0.39 is 10.0 Å². The molecule has 1 unspecified atom stereocenters. The zero-order valence-corrected chi connectivity index (χ0v) is 13.0. The Hall–Kier alpha value is -1.11. The SMILES string of the molecule is COc1cc(C)c(S(=O)(=O)NCC2CCCN2)c(C)c1. The Labute approximate surface area is 120 Å². The number of hydrogen-bond donors (Lipinski definition) is 2. The lowest BCUT2D eigenvalue weighted by Crippen LogP contribution is -2.37. The molecular formula is C14H22N2O3S. The third-order valence-electron chi connectivity index (χ3n) is 3.62. The molecule has 2 rings (SSSR count). The minimum atomic E-state index is -3.48. The van der Waals surface area contributed by atoms with Gasteiger partial charge in [0.15, 0.2) is 0 Å². The van der Waals surface area contributed by atoms with Gasteiger partial charge in [0, 0.05) is 12.6 Å². The standard InChI is InChI=1S/C14H22N2O3S/c1-10-7-13(19-3)8-11(2)14(10)20(17,18)16-9-12-5-4-6-15-12/h7-8,12,15-16H,4-6,9H2,1-3H3. The van der Waals surface area contributed by atoms with Crippen molar-refractivity contribution in [2.45, 2.75) is 37.6 Å². The predicted octanol–water partition coefficient (Wildman–Crippen LogP) is 1.34. The topological polar surface area (TPSA) is 67.4 Å². The molecule has 0 bridgehead atoms. The van der Waals surface area contributed by atoms with Crippen LogP contribution in [0.4, 0.5) is 0 Å². The summed E-state index contributed by atoms with van der Waals surface area (Å²) >= 11 is 0. The van der Waals surface area contributed by atoms with Crippen molar-refractivity contribution >= 4 is 10.0 Å². The number of methoxy groups -OCH3 is 1. The second-order valence-corrected chi connectivity index (χ2v) is 6.94. The first-order valence-corrected chi connectivity index (χ1v) is 8.30. The molecule has 1 aliphatic rings. The number of ether oxygens (including phenoxy) is 1. The molecule has 0 spiro atoms. The fraction of sp³-hybridized carbons (Fsp3) is 0.571. The van der Waals surface area contributed by atoms with E-state index in [1.54, 1.807) is 33.1 Å². The van der Waals surface area contributed by atoms with Gasteiger partial charge in [-0.2, -0.15) is 0 Å². The summed E-state index contributed by atoms with van der Waals surface area (Å²) in [4.78, 5) is 0.358. The minimum Gasteiger partial charge on any atom is -0.497 e. The lowest BCUT2D eigenvalue weighted by atomic mass is 10.1. The Morgan fingerprint density at radius 2 is 2.00 bits per heavy atom. The Morgan fingerprint density at radius 3 is 2.50 bits per heavy atom. The molecule has 6 heteroatoms. The van der Waals surface area contributed by atoms with Crippen LogP contribution in [-0.2, 0) is 10.0 Å². The highest BCUT2D eigenvalue weighted by molar-refractivity contribution is 7.89. The number of benzene rings is 1. The van der Waals surface area contributed by atoms with Crippen molar-refractivity contribution in [2.75, 3.05) is 20.2 Å². The van der Waals surface area contributed by atoms with E-state index >= 15 is 0 Å². The molecule has 2 N–H and O–H groups in total. The molecule has 1 saturated heterocycles. The smallest absolute Gasteiger partial charge is 0.241 e. The van der Waals surface area contributed by atoms with Gasteiger partial charge in [0.1, 0.15) is 5.75 Å². The summed E-state index contributed by atoms with van der Waals surface area (Å²) in [5, 5.41) is 3.28. The molecule has 0 aliphatic carbocycles. The third-order valence-corrected chi connectivity index (χ3v) is 5.35. The normalized spacial score (nSPS) is 19.2. The van der Waals surface area contributed by atoms with Gasteiger partial charge >= 0.3 is 0 Å². The van der Waals surface area contributed by atoms with Crippen LogP contribution < -0.4 is 14.8 Å². The maximum absolute atomic E-state index is 12.5. The van der Waals surface area contributed by atoms with Crippen molar-refractivity contribution in [1.82, 2.24) is 10.0 Å². The Bertz CT molecular complexity index is 555. The number of rotatable bonds is 5. The lowest BCUT2D eigenvalue weighted by molar-refractivity contribution is 0.413. The zero-order valence-electron chi connectivity index (χ0n) is 12.2. The Morgan fingerprint density at radius 1 is 1.35 bits per heavy atom. The average molecular weight is 298 g/mol. The highest BCUT2D eigenvalue weighted by Crippen LogP contribution is 2.25. The van der Waals surface area contributed by atoms with E-state index in [0.717, 1.165) is 19.4 Å². The molecule has 1 heterocycles. The van der Waals surface area contributed by atoms with E-state index in [-0.39, 0.29) is 6.04 Å². The monoisotopic (exact) mass is 298 g/mol. The van der Waals surface area contributed by atoms with Crippen molar-refractivity contribution in [3.8, 4) is 5.75 Å². The van der Waals surface area contributed by atoms with E-state index in [1.165, 1.54) is 0 Å². The molecular weight excluding hydrogens is 276 g/mol. The molecule has 0 radical (unpaired) electrons. The van der Waals surface area contributed by atoms with Crippen LogP contribution in [0.25, 0.3) is 0 Å². The molecule has 0 saturated carbocycles. The van der Waals surface area contributed by atoms with Gasteiger partial charge in [0.25, 0.3) is 0 Å². The van der Waals surface area contributed by atoms with Crippen LogP contribution in [0, 0.1) is 13.8 Å². The van der Waals surface area contributed by atoms with E-state index in [2.05, 4.69) is 10.0 Å². The second-order valence-electron chi connectivity index (χ2n) is 5.24. The summed E-state index contributed by atoms with van der Waals surface area (Å²) in [5.41, 5.74) is 1.41.